The van der Waals surface area contributed by atoms with Crippen LogP contribution in [-0.2, 0) is 0 Å². The van der Waals surface area contributed by atoms with Crippen LogP contribution in [0.25, 0.3) is 0 Å². The van der Waals surface area contributed by atoms with Crippen molar-refractivity contribution < 1.29 is 14.3 Å². The first-order valence-corrected chi connectivity index (χ1v) is 8.52. The van der Waals surface area contributed by atoms with Crippen molar-refractivity contribution in [2.75, 3.05) is 32.6 Å². The molecule has 1 N–H and O–H groups in total. The first kappa shape index (κ1) is 17.4. The summed E-state index contributed by atoms with van der Waals surface area (Å²) in [5, 5.41) is 3.44. The number of hydrogen-bond acceptors (Lipinski definition) is 3. The molecule has 1 aliphatic rings. The summed E-state index contributed by atoms with van der Waals surface area (Å²) in [5.41, 5.74) is 1.80. The van der Waals surface area contributed by atoms with Crippen LogP contribution in [0.1, 0.15) is 17.9 Å². The number of nitrogens with zero attached hydrogens (tertiary/aromatic N) is 1. The summed E-state index contributed by atoms with van der Waals surface area (Å²) in [5.74, 6) is 1.76. The molecule has 2 aromatic rings. The third-order valence-electron chi connectivity index (χ3n) is 4.47. The molecule has 0 aromatic heterocycles. The van der Waals surface area contributed by atoms with E-state index in [4.69, 9.17) is 21.1 Å². The number of amides is 2. The van der Waals surface area contributed by atoms with Gasteiger partial charge in [0.2, 0.25) is 0 Å². The second kappa shape index (κ2) is 7.66. The van der Waals surface area contributed by atoms with E-state index in [9.17, 15) is 4.79 Å². The van der Waals surface area contributed by atoms with Gasteiger partial charge in [0.25, 0.3) is 0 Å². The van der Waals surface area contributed by atoms with E-state index in [-0.39, 0.29) is 6.03 Å². The fourth-order valence-corrected chi connectivity index (χ4v) is 3.24. The van der Waals surface area contributed by atoms with Gasteiger partial charge in [0.05, 0.1) is 19.9 Å². The minimum Gasteiger partial charge on any atom is -0.497 e. The van der Waals surface area contributed by atoms with E-state index >= 15 is 0 Å². The second-order valence-corrected chi connectivity index (χ2v) is 6.42. The molecule has 1 aliphatic heterocycles. The number of urea groups is 1. The monoisotopic (exact) mass is 360 g/mol. The Labute approximate surface area is 152 Å². The van der Waals surface area contributed by atoms with Gasteiger partial charge in [-0.1, -0.05) is 23.7 Å². The number of carbonyl (C=O) groups excluding carboxylic acids is 1. The normalized spacial score (nSPS) is 16.6. The number of likely N-dealkylation sites (tertiary alicyclic amines) is 1. The van der Waals surface area contributed by atoms with Crippen molar-refractivity contribution in [2.45, 2.75) is 12.3 Å². The molecule has 1 atom stereocenters. The van der Waals surface area contributed by atoms with Crippen molar-refractivity contribution in [1.82, 2.24) is 4.90 Å². The summed E-state index contributed by atoms with van der Waals surface area (Å²) in [4.78, 5) is 14.4. The Bertz CT molecular complexity index is 749. The third-order valence-corrected chi connectivity index (χ3v) is 4.70. The molecule has 0 bridgehead atoms. The molecule has 132 valence electrons. The Kier molecular flexibility index (Phi) is 5.34. The maximum absolute atomic E-state index is 12.6. The summed E-state index contributed by atoms with van der Waals surface area (Å²) in [7, 11) is 3.22. The number of halogens is 1. The van der Waals surface area contributed by atoms with Crippen LogP contribution in [0.4, 0.5) is 10.5 Å². The molecule has 2 amide bonds. The van der Waals surface area contributed by atoms with Crippen molar-refractivity contribution in [3.63, 3.8) is 0 Å². The largest absolute Gasteiger partial charge is 0.497 e. The minimum atomic E-state index is -0.142. The van der Waals surface area contributed by atoms with Crippen LogP contribution in [-0.4, -0.2) is 38.2 Å². The van der Waals surface area contributed by atoms with E-state index in [0.29, 0.717) is 35.5 Å². The number of nitrogens with one attached hydrogen (secondary N) is 1. The molecule has 0 radical (unpaired) electrons. The Balaban J connectivity index is 1.65. The van der Waals surface area contributed by atoms with Gasteiger partial charge in [-0.3, -0.25) is 0 Å². The van der Waals surface area contributed by atoms with Crippen molar-refractivity contribution in [1.29, 1.82) is 0 Å². The van der Waals surface area contributed by atoms with Gasteiger partial charge in [0.1, 0.15) is 11.5 Å². The van der Waals surface area contributed by atoms with Crippen LogP contribution in [0.15, 0.2) is 42.5 Å². The van der Waals surface area contributed by atoms with Crippen LogP contribution in [0.5, 0.6) is 11.5 Å². The van der Waals surface area contributed by atoms with Gasteiger partial charge >= 0.3 is 6.03 Å². The van der Waals surface area contributed by atoms with Crippen LogP contribution >= 0.6 is 11.6 Å². The zero-order chi connectivity index (χ0) is 17.8. The molecule has 3 rings (SSSR count). The lowest BCUT2D eigenvalue weighted by molar-refractivity contribution is 0.222. The van der Waals surface area contributed by atoms with Crippen LogP contribution in [0.2, 0.25) is 5.02 Å². The van der Waals surface area contributed by atoms with Gasteiger partial charge in [0, 0.05) is 24.0 Å². The highest BCUT2D eigenvalue weighted by Crippen LogP contribution is 2.31. The fourth-order valence-electron chi connectivity index (χ4n) is 3.07. The summed E-state index contributed by atoms with van der Waals surface area (Å²) < 4.78 is 10.5. The van der Waals surface area contributed by atoms with Crippen LogP contribution in [0.3, 0.4) is 0 Å². The summed E-state index contributed by atoms with van der Waals surface area (Å²) in [6.45, 7) is 1.40. The van der Waals surface area contributed by atoms with E-state index in [2.05, 4.69) is 17.4 Å². The Hall–Kier alpha value is -2.40. The molecule has 1 heterocycles. The maximum Gasteiger partial charge on any atom is 0.321 e. The molecule has 0 aliphatic carbocycles. The van der Waals surface area contributed by atoms with Crippen molar-refractivity contribution in [2.24, 2.45) is 0 Å². The molecule has 6 heteroatoms. The summed E-state index contributed by atoms with van der Waals surface area (Å²) >= 11 is 6.01. The lowest BCUT2D eigenvalue weighted by Gasteiger charge is -2.19. The number of carbonyl (C=O) groups is 1. The lowest BCUT2D eigenvalue weighted by Crippen LogP contribution is -2.32. The van der Waals surface area contributed by atoms with Crippen molar-refractivity contribution in [3.8, 4) is 11.5 Å². The van der Waals surface area contributed by atoms with Gasteiger partial charge in [-0.2, -0.15) is 0 Å². The third kappa shape index (κ3) is 3.99. The van der Waals surface area contributed by atoms with E-state index in [1.807, 2.05) is 17.0 Å². The van der Waals surface area contributed by atoms with Crippen LogP contribution in [0, 0.1) is 0 Å². The predicted octanol–water partition coefficient (Wildman–Crippen LogP) is 4.38. The first-order chi connectivity index (χ1) is 12.1. The number of rotatable bonds is 4. The van der Waals surface area contributed by atoms with E-state index in [0.717, 1.165) is 12.2 Å². The molecule has 5 nitrogen and oxygen atoms in total. The molecule has 0 saturated carbocycles. The number of methoxy groups -OCH3 is 2. The highest BCUT2D eigenvalue weighted by molar-refractivity contribution is 6.31. The highest BCUT2D eigenvalue weighted by Gasteiger charge is 2.27. The average molecular weight is 361 g/mol. The zero-order valence-corrected chi connectivity index (χ0v) is 15.0. The molecule has 1 saturated heterocycles. The molecule has 1 fully saturated rings. The SMILES string of the molecule is COc1ccc(C2CCN(C(=O)Nc3cc(Cl)ccc3OC)C2)cc1. The number of ether oxygens (including phenoxy) is 2. The minimum absolute atomic E-state index is 0.142. The Morgan fingerprint density at radius 3 is 2.60 bits per heavy atom. The van der Waals surface area contributed by atoms with E-state index in [1.54, 1.807) is 32.4 Å². The van der Waals surface area contributed by atoms with Gasteiger partial charge in [0.15, 0.2) is 0 Å². The summed E-state index contributed by atoms with van der Waals surface area (Å²) in [6.07, 6.45) is 0.937. The van der Waals surface area contributed by atoms with Crippen LogP contribution < -0.4 is 14.8 Å². The molecule has 2 aromatic carbocycles. The lowest BCUT2D eigenvalue weighted by atomic mass is 9.98. The van der Waals surface area contributed by atoms with Gasteiger partial charge < -0.3 is 19.7 Å². The van der Waals surface area contributed by atoms with E-state index in [1.165, 1.54) is 5.56 Å². The quantitative estimate of drug-likeness (QED) is 0.880. The highest BCUT2D eigenvalue weighted by atomic mass is 35.5. The maximum atomic E-state index is 12.6. The Morgan fingerprint density at radius 2 is 1.92 bits per heavy atom. The molecular formula is C19H21ClN2O3. The van der Waals surface area contributed by atoms with Gasteiger partial charge in [-0.25, -0.2) is 4.79 Å². The van der Waals surface area contributed by atoms with Crippen molar-refractivity contribution in [3.05, 3.63) is 53.1 Å². The van der Waals surface area contributed by atoms with Gasteiger partial charge in [-0.05, 0) is 42.3 Å². The number of hydrogen-bond donors (Lipinski definition) is 1. The molecular weight excluding hydrogens is 340 g/mol. The summed E-state index contributed by atoms with van der Waals surface area (Å²) in [6, 6.07) is 13.0. The standard InChI is InChI=1S/C19H21ClN2O3/c1-24-16-6-3-13(4-7-16)14-9-10-22(12-14)19(23)21-17-11-15(20)5-8-18(17)25-2/h3-8,11,14H,9-10,12H2,1-2H3,(H,21,23). The molecule has 25 heavy (non-hydrogen) atoms. The fraction of sp³-hybridized carbons (Fsp3) is 0.316. The first-order valence-electron chi connectivity index (χ1n) is 8.14. The number of anilines is 1. The molecule has 0 spiro atoms. The number of benzene rings is 2. The predicted molar refractivity (Wildman–Crippen MR) is 98.9 cm³/mol. The average Bonchev–Trinajstić information content (AvgIpc) is 3.12. The molecule has 1 unspecified atom stereocenters. The second-order valence-electron chi connectivity index (χ2n) is 5.98. The van der Waals surface area contributed by atoms with E-state index < -0.39 is 0 Å². The van der Waals surface area contributed by atoms with Gasteiger partial charge in [-0.15, -0.1) is 0 Å². The Morgan fingerprint density at radius 1 is 1.16 bits per heavy atom. The van der Waals surface area contributed by atoms with Crippen molar-refractivity contribution >= 4 is 23.3 Å². The zero-order valence-electron chi connectivity index (χ0n) is 14.3. The smallest absolute Gasteiger partial charge is 0.321 e. The topological polar surface area (TPSA) is 50.8 Å².